The van der Waals surface area contributed by atoms with Crippen molar-refractivity contribution in [3.05, 3.63) is 63.8 Å². The number of alkyl halides is 3. The second kappa shape index (κ2) is 13.3. The zero-order valence-corrected chi connectivity index (χ0v) is 25.3. The highest BCUT2D eigenvalue weighted by molar-refractivity contribution is 5.87. The molecule has 2 aliphatic rings. The van der Waals surface area contributed by atoms with Crippen molar-refractivity contribution in [1.82, 2.24) is 9.47 Å². The number of aliphatic hydroxyl groups is 1. The van der Waals surface area contributed by atoms with Gasteiger partial charge in [-0.3, -0.25) is 19.8 Å². The summed E-state index contributed by atoms with van der Waals surface area (Å²) in [6.07, 6.45) is -0.145. The van der Waals surface area contributed by atoms with Gasteiger partial charge >= 0.3 is 12.1 Å². The van der Waals surface area contributed by atoms with Crippen molar-refractivity contribution < 1.29 is 42.2 Å². The molecular weight excluding hydrogens is 595 g/mol. The van der Waals surface area contributed by atoms with Gasteiger partial charge in [-0.2, -0.15) is 13.2 Å². The molecule has 0 amide bonds. The Morgan fingerprint density at radius 1 is 1.09 bits per heavy atom. The number of benzene rings is 2. The molecule has 1 N–H and O–H groups in total. The number of fused-ring (bicyclic) bond motifs is 1. The van der Waals surface area contributed by atoms with Gasteiger partial charge in [-0.15, -0.1) is 0 Å². The number of methoxy groups -OCH3 is 1. The van der Waals surface area contributed by atoms with E-state index in [4.69, 9.17) is 14.2 Å². The first kappa shape index (κ1) is 32.6. The molecule has 0 spiro atoms. The number of rotatable bonds is 12. The summed E-state index contributed by atoms with van der Waals surface area (Å²) >= 11 is 0. The molecule has 1 saturated heterocycles. The number of aromatic nitrogens is 1. The number of likely N-dealkylation sites (tertiary alicyclic amines) is 1. The minimum absolute atomic E-state index is 0.0845. The highest BCUT2D eigenvalue weighted by atomic mass is 19.4. The first-order valence-corrected chi connectivity index (χ1v) is 15.2. The Bertz CT molecular complexity index is 1530. The van der Waals surface area contributed by atoms with E-state index in [0.717, 1.165) is 19.3 Å². The predicted octanol–water partition coefficient (Wildman–Crippen LogP) is 5.76. The lowest BCUT2D eigenvalue weighted by atomic mass is 9.85. The van der Waals surface area contributed by atoms with Crippen LogP contribution in [0.2, 0.25) is 0 Å². The maximum Gasteiger partial charge on any atom is 0.422 e. The van der Waals surface area contributed by atoms with Gasteiger partial charge < -0.3 is 23.9 Å². The number of carbonyl (C=O) groups excluding carboxylic acids is 1. The normalized spacial score (nSPS) is 17.9. The van der Waals surface area contributed by atoms with Crippen molar-refractivity contribution in [2.75, 3.05) is 33.4 Å². The zero-order valence-electron chi connectivity index (χ0n) is 25.3. The van der Waals surface area contributed by atoms with Crippen LogP contribution in [0.5, 0.6) is 11.5 Å². The summed E-state index contributed by atoms with van der Waals surface area (Å²) < 4.78 is 62.5. The van der Waals surface area contributed by atoms with Crippen LogP contribution in [-0.2, 0) is 28.1 Å². The molecule has 2 aromatic carbocycles. The summed E-state index contributed by atoms with van der Waals surface area (Å²) in [6, 6.07) is 8.91. The smallest absolute Gasteiger partial charge is 0.422 e. The number of ether oxygens (including phenoxy) is 3. The van der Waals surface area contributed by atoms with Crippen molar-refractivity contribution in [1.29, 1.82) is 0 Å². The van der Waals surface area contributed by atoms with Crippen molar-refractivity contribution in [3.63, 3.8) is 0 Å². The van der Waals surface area contributed by atoms with Crippen LogP contribution in [0.15, 0.2) is 42.6 Å². The number of halogens is 3. The molecule has 3 aromatic rings. The summed E-state index contributed by atoms with van der Waals surface area (Å²) in [5, 5.41) is 23.1. The van der Waals surface area contributed by atoms with E-state index in [1.54, 1.807) is 34.6 Å². The fraction of sp³-hybridized carbons (Fsp3) is 0.531. The number of esters is 1. The molecule has 1 aromatic heterocycles. The topological polar surface area (TPSA) is 116 Å². The van der Waals surface area contributed by atoms with Crippen molar-refractivity contribution in [3.8, 4) is 11.5 Å². The van der Waals surface area contributed by atoms with Crippen LogP contribution in [0.1, 0.15) is 50.2 Å². The second-order valence-corrected chi connectivity index (χ2v) is 11.9. The highest BCUT2D eigenvalue weighted by Crippen LogP contribution is 2.45. The summed E-state index contributed by atoms with van der Waals surface area (Å²) in [5.41, 5.74) is -2.71. The number of β-amino-alcohol motifs (C(OH)–C–C–N with tert-alkyl or cyclic N) is 1. The molecule has 2 heterocycles. The van der Waals surface area contributed by atoms with E-state index in [0.29, 0.717) is 42.0 Å². The summed E-state index contributed by atoms with van der Waals surface area (Å²) in [4.78, 5) is 24.3. The Morgan fingerprint density at radius 3 is 2.42 bits per heavy atom. The number of hydrogen-bond acceptors (Lipinski definition) is 8. The molecule has 5 rings (SSSR count). The lowest BCUT2D eigenvalue weighted by Crippen LogP contribution is -2.53. The summed E-state index contributed by atoms with van der Waals surface area (Å²) in [5.74, 6) is 0.815. The molecule has 0 bridgehead atoms. The van der Waals surface area contributed by atoms with Crippen LogP contribution in [0.3, 0.4) is 0 Å². The number of nitro benzene ring substituents is 1. The van der Waals surface area contributed by atoms with Crippen molar-refractivity contribution in [2.45, 2.75) is 69.9 Å². The molecule has 1 unspecified atom stereocenters. The van der Waals surface area contributed by atoms with Gasteiger partial charge in [0.1, 0.15) is 6.10 Å². The molecule has 45 heavy (non-hydrogen) atoms. The number of nitro groups is 1. The molecular formula is C32H38F3N3O7. The van der Waals surface area contributed by atoms with Gasteiger partial charge in [-0.25, -0.2) is 0 Å². The Labute approximate surface area is 258 Å². The Hall–Kier alpha value is -3.84. The van der Waals surface area contributed by atoms with Crippen LogP contribution >= 0.6 is 0 Å². The first-order valence-electron chi connectivity index (χ1n) is 15.2. The fourth-order valence-corrected chi connectivity index (χ4v) is 6.14. The molecule has 244 valence electrons. The number of nitrogens with zero attached hydrogens (tertiary/aromatic N) is 3. The van der Waals surface area contributed by atoms with E-state index in [9.17, 15) is 33.2 Å². The molecule has 10 nitrogen and oxygen atoms in total. The molecule has 0 radical (unpaired) electrons. The van der Waals surface area contributed by atoms with Gasteiger partial charge in [-0.05, 0) is 62.3 Å². The van der Waals surface area contributed by atoms with Gasteiger partial charge in [-0.1, -0.05) is 12.5 Å². The maximum absolute atomic E-state index is 14.8. The highest BCUT2D eigenvalue weighted by Gasteiger charge is 2.57. The monoisotopic (exact) mass is 633 g/mol. The van der Waals surface area contributed by atoms with Crippen LogP contribution in [-0.4, -0.2) is 71.1 Å². The molecule has 1 atom stereocenters. The largest absolute Gasteiger partial charge is 0.493 e. The van der Waals surface area contributed by atoms with E-state index < -0.39 is 23.2 Å². The quantitative estimate of drug-likeness (QED) is 0.152. The van der Waals surface area contributed by atoms with E-state index in [2.05, 4.69) is 0 Å². The number of hydrogen-bond donors (Lipinski definition) is 1. The molecule has 13 heteroatoms. The van der Waals surface area contributed by atoms with Crippen molar-refractivity contribution >= 4 is 22.6 Å². The predicted molar refractivity (Wildman–Crippen MR) is 159 cm³/mol. The SMILES string of the molecule is CCOC(=O)Cc1ccc(OC2CCN(CC(O)(c3cn(CC4CCC4)c4cc([N+](=O)[O-])ccc34)C(F)(F)F)CC2)c(OC)c1. The fourth-order valence-electron chi connectivity index (χ4n) is 6.14. The lowest BCUT2D eigenvalue weighted by Gasteiger charge is -2.39. The van der Waals surface area contributed by atoms with Crippen molar-refractivity contribution in [2.24, 2.45) is 5.92 Å². The third-order valence-electron chi connectivity index (χ3n) is 8.83. The minimum atomic E-state index is -5.00. The number of carbonyl (C=O) groups is 1. The Balaban J connectivity index is 1.32. The maximum atomic E-state index is 14.8. The number of non-ortho nitro benzene ring substituents is 1. The van der Waals surface area contributed by atoms with Gasteiger partial charge in [0.25, 0.3) is 5.69 Å². The third-order valence-corrected chi connectivity index (χ3v) is 8.83. The second-order valence-electron chi connectivity index (χ2n) is 11.9. The Kier molecular flexibility index (Phi) is 9.59. The average Bonchev–Trinajstić information content (AvgIpc) is 3.34. The van der Waals surface area contributed by atoms with Crippen LogP contribution in [0.25, 0.3) is 10.9 Å². The van der Waals surface area contributed by atoms with Gasteiger partial charge in [0, 0.05) is 55.5 Å². The third kappa shape index (κ3) is 7.04. The van der Waals surface area contributed by atoms with Crippen LogP contribution in [0.4, 0.5) is 18.9 Å². The van der Waals surface area contributed by atoms with E-state index in [1.807, 2.05) is 0 Å². The molecule has 1 aliphatic carbocycles. The lowest BCUT2D eigenvalue weighted by molar-refractivity contribution is -0.384. The van der Waals surface area contributed by atoms with E-state index in [-0.39, 0.29) is 60.7 Å². The van der Waals surface area contributed by atoms with Crippen LogP contribution < -0.4 is 9.47 Å². The molecule has 1 aliphatic heterocycles. The van der Waals surface area contributed by atoms with E-state index in [1.165, 1.54) is 31.5 Å². The van der Waals surface area contributed by atoms with Gasteiger partial charge in [0.2, 0.25) is 5.60 Å². The summed E-state index contributed by atoms with van der Waals surface area (Å²) in [6.45, 7) is 2.26. The first-order chi connectivity index (χ1) is 21.4. The minimum Gasteiger partial charge on any atom is -0.493 e. The van der Waals surface area contributed by atoms with Crippen LogP contribution in [0, 0.1) is 16.0 Å². The van der Waals surface area contributed by atoms with Gasteiger partial charge in [0.15, 0.2) is 11.5 Å². The standard InChI is InChI=1S/C32H38F3N3O7/c1-3-44-30(39)16-22-7-10-28(29(15-22)43-2)45-24-11-13-36(14-12-24)20-31(40,32(33,34)35)26-19-37(18-21-5-4-6-21)27-17-23(38(41)42)8-9-25(26)27/h7-10,15,17,19,21,24,40H,3-6,11-14,16,18,20H2,1-2H3. The summed E-state index contributed by atoms with van der Waals surface area (Å²) in [7, 11) is 1.48. The number of piperidine rings is 1. The van der Waals surface area contributed by atoms with E-state index >= 15 is 0 Å². The zero-order chi connectivity index (χ0) is 32.4. The molecule has 2 fully saturated rings. The molecule has 1 saturated carbocycles. The average molecular weight is 634 g/mol. The Morgan fingerprint density at radius 2 is 1.82 bits per heavy atom. The van der Waals surface area contributed by atoms with Gasteiger partial charge in [0.05, 0.1) is 30.6 Å².